The number of amides is 1. The van der Waals surface area contributed by atoms with Crippen molar-refractivity contribution in [2.75, 3.05) is 38.2 Å². The highest BCUT2D eigenvalue weighted by Crippen LogP contribution is 2.54. The Kier molecular flexibility index (Phi) is 11.0. The monoisotopic (exact) mass is 725 g/mol. The van der Waals surface area contributed by atoms with Crippen LogP contribution in [0.5, 0.6) is 5.75 Å². The standard InChI is InChI=1S/C39H49Cl2N3O4S/c1-8-48-34-26-30(37(2,3)4)14-19-33(34)35-42-38(5,28-10-15-31(40)16-11-28)39(6,29-12-17-32(41)18-13-29)44(35)36(45)27-20-23-43(24-21-27)22-9-25-49(7,46)47/h10-19,26-27H,8-9,20-25H2,1-7H3/t38-,39+/m1/s1. The Morgan fingerprint density at radius 2 is 1.51 bits per heavy atom. The van der Waals surface area contributed by atoms with Gasteiger partial charge in [-0.1, -0.05) is 74.3 Å². The molecule has 5 rings (SSSR count). The topological polar surface area (TPSA) is 79.3 Å². The molecule has 0 N–H and O–H groups in total. The van der Waals surface area contributed by atoms with Crippen LogP contribution in [-0.2, 0) is 31.1 Å². The van der Waals surface area contributed by atoms with Gasteiger partial charge in [-0.05, 0) is 118 Å². The number of ether oxygens (including phenoxy) is 1. The number of carbonyl (C=O) groups excluding carboxylic acids is 1. The summed E-state index contributed by atoms with van der Waals surface area (Å²) in [7, 11) is -3.02. The van der Waals surface area contributed by atoms with Crippen LogP contribution < -0.4 is 4.74 Å². The summed E-state index contributed by atoms with van der Waals surface area (Å²) in [5.41, 5.74) is 1.73. The normalized spacial score (nSPS) is 22.3. The largest absolute Gasteiger partial charge is 0.493 e. The highest BCUT2D eigenvalue weighted by Gasteiger charge is 2.60. The summed E-state index contributed by atoms with van der Waals surface area (Å²) in [5.74, 6) is 1.18. The van der Waals surface area contributed by atoms with Gasteiger partial charge < -0.3 is 9.64 Å². The Labute approximate surface area is 302 Å². The smallest absolute Gasteiger partial charge is 0.232 e. The first-order chi connectivity index (χ1) is 23.0. The summed E-state index contributed by atoms with van der Waals surface area (Å²) in [5, 5.41) is 1.23. The number of hydrogen-bond donors (Lipinski definition) is 0. The van der Waals surface area contributed by atoms with Gasteiger partial charge in [0, 0.05) is 22.2 Å². The van der Waals surface area contributed by atoms with E-state index in [1.54, 1.807) is 0 Å². The molecule has 2 aliphatic rings. The van der Waals surface area contributed by atoms with Crippen LogP contribution in [0.3, 0.4) is 0 Å². The lowest BCUT2D eigenvalue weighted by molar-refractivity contribution is -0.138. The molecule has 264 valence electrons. The van der Waals surface area contributed by atoms with Gasteiger partial charge >= 0.3 is 0 Å². The summed E-state index contributed by atoms with van der Waals surface area (Å²) >= 11 is 12.8. The fourth-order valence-corrected chi connectivity index (χ4v) is 8.10. The van der Waals surface area contributed by atoms with Gasteiger partial charge in [-0.25, -0.2) is 8.42 Å². The van der Waals surface area contributed by atoms with Crippen LogP contribution in [0.1, 0.15) is 83.1 Å². The number of aliphatic imine (C=N–C) groups is 1. The van der Waals surface area contributed by atoms with Crippen molar-refractivity contribution in [2.24, 2.45) is 10.9 Å². The first-order valence-electron chi connectivity index (χ1n) is 17.1. The minimum Gasteiger partial charge on any atom is -0.493 e. The number of nitrogens with zero attached hydrogens (tertiary/aromatic N) is 3. The lowest BCUT2D eigenvalue weighted by Gasteiger charge is -2.47. The van der Waals surface area contributed by atoms with Crippen molar-refractivity contribution in [2.45, 2.75) is 77.3 Å². The van der Waals surface area contributed by atoms with Gasteiger partial charge in [0.05, 0.1) is 17.9 Å². The molecule has 0 radical (unpaired) electrons. The van der Waals surface area contributed by atoms with Crippen LogP contribution >= 0.6 is 23.2 Å². The number of benzene rings is 3. The van der Waals surface area contributed by atoms with E-state index in [2.05, 4.69) is 51.7 Å². The van der Waals surface area contributed by atoms with E-state index < -0.39 is 20.9 Å². The summed E-state index contributed by atoms with van der Waals surface area (Å²) in [6.45, 7) is 15.3. The lowest BCUT2D eigenvalue weighted by Crippen LogP contribution is -2.57. The molecule has 2 aliphatic heterocycles. The fraction of sp³-hybridized carbons (Fsp3) is 0.487. The third-order valence-electron chi connectivity index (χ3n) is 10.3. The number of amidine groups is 1. The van der Waals surface area contributed by atoms with Crippen molar-refractivity contribution in [3.8, 4) is 5.75 Å². The minimum atomic E-state index is -3.02. The van der Waals surface area contributed by atoms with Gasteiger partial charge in [-0.15, -0.1) is 0 Å². The molecule has 3 aromatic rings. The molecule has 49 heavy (non-hydrogen) atoms. The molecular formula is C39H49Cl2N3O4S. The molecule has 1 amide bonds. The Balaban J connectivity index is 1.65. The van der Waals surface area contributed by atoms with Crippen LogP contribution in [0, 0.1) is 5.92 Å². The van der Waals surface area contributed by atoms with Crippen LogP contribution in [0.4, 0.5) is 0 Å². The van der Waals surface area contributed by atoms with Crippen molar-refractivity contribution in [3.63, 3.8) is 0 Å². The zero-order valence-electron chi connectivity index (χ0n) is 29.7. The maximum absolute atomic E-state index is 15.2. The molecule has 1 fully saturated rings. The van der Waals surface area contributed by atoms with E-state index in [1.165, 1.54) is 6.26 Å². The van der Waals surface area contributed by atoms with Gasteiger partial charge in [0.15, 0.2) is 0 Å². The summed E-state index contributed by atoms with van der Waals surface area (Å²) in [6.07, 6.45) is 3.18. The highest BCUT2D eigenvalue weighted by atomic mass is 35.5. The number of likely N-dealkylation sites (tertiary alicyclic amines) is 1. The van der Waals surface area contributed by atoms with E-state index in [0.717, 1.165) is 35.3 Å². The first kappa shape index (κ1) is 37.3. The molecule has 2 atom stereocenters. The van der Waals surface area contributed by atoms with Gasteiger partial charge in [-0.2, -0.15) is 0 Å². The molecule has 10 heteroatoms. The van der Waals surface area contributed by atoms with Crippen LogP contribution in [0.15, 0.2) is 71.7 Å². The summed E-state index contributed by atoms with van der Waals surface area (Å²) in [4.78, 5) is 25.0. The maximum atomic E-state index is 15.2. The molecule has 3 aromatic carbocycles. The molecule has 0 unspecified atom stereocenters. The van der Waals surface area contributed by atoms with Crippen molar-refractivity contribution < 1.29 is 17.9 Å². The van der Waals surface area contributed by atoms with E-state index in [0.29, 0.717) is 54.0 Å². The molecule has 2 heterocycles. The van der Waals surface area contributed by atoms with E-state index >= 15 is 4.79 Å². The van der Waals surface area contributed by atoms with Crippen molar-refractivity contribution in [3.05, 3.63) is 99.0 Å². The highest BCUT2D eigenvalue weighted by molar-refractivity contribution is 7.90. The van der Waals surface area contributed by atoms with E-state index in [9.17, 15) is 8.42 Å². The molecule has 7 nitrogen and oxygen atoms in total. The first-order valence-corrected chi connectivity index (χ1v) is 19.9. The average Bonchev–Trinajstić information content (AvgIpc) is 3.28. The minimum absolute atomic E-state index is 0.00650. The molecule has 0 aliphatic carbocycles. The Bertz CT molecular complexity index is 1800. The van der Waals surface area contributed by atoms with Crippen LogP contribution in [0.2, 0.25) is 10.0 Å². The molecule has 0 saturated carbocycles. The van der Waals surface area contributed by atoms with Gasteiger partial charge in [-0.3, -0.25) is 14.7 Å². The molecule has 1 saturated heterocycles. The second kappa shape index (κ2) is 14.4. The van der Waals surface area contributed by atoms with Crippen molar-refractivity contribution in [1.29, 1.82) is 0 Å². The van der Waals surface area contributed by atoms with Gasteiger partial charge in [0.2, 0.25) is 5.91 Å². The fourth-order valence-electron chi connectivity index (χ4n) is 7.20. The Morgan fingerprint density at radius 1 is 0.939 bits per heavy atom. The van der Waals surface area contributed by atoms with Crippen molar-refractivity contribution >= 4 is 44.8 Å². The number of rotatable bonds is 10. The Hall–Kier alpha value is -2.91. The third kappa shape index (κ3) is 7.73. The predicted molar refractivity (Wildman–Crippen MR) is 201 cm³/mol. The van der Waals surface area contributed by atoms with Crippen molar-refractivity contribution in [1.82, 2.24) is 9.80 Å². The molecule has 0 aromatic heterocycles. The zero-order chi connectivity index (χ0) is 35.8. The van der Waals surface area contributed by atoms with E-state index in [4.69, 9.17) is 32.9 Å². The van der Waals surface area contributed by atoms with Gasteiger partial charge in [0.1, 0.15) is 32.5 Å². The lowest BCUT2D eigenvalue weighted by atomic mass is 9.70. The molecule has 0 spiro atoms. The summed E-state index contributed by atoms with van der Waals surface area (Å²) < 4.78 is 29.7. The number of carbonyl (C=O) groups is 1. The second-order valence-electron chi connectivity index (χ2n) is 14.8. The maximum Gasteiger partial charge on any atom is 0.232 e. The quantitative estimate of drug-likeness (QED) is 0.210. The number of hydrogen-bond acceptors (Lipinski definition) is 6. The van der Waals surface area contributed by atoms with E-state index in [1.807, 2.05) is 66.4 Å². The third-order valence-corrected chi connectivity index (χ3v) is 11.8. The zero-order valence-corrected chi connectivity index (χ0v) is 32.1. The molecular weight excluding hydrogens is 677 g/mol. The van der Waals surface area contributed by atoms with Crippen LogP contribution in [0.25, 0.3) is 0 Å². The summed E-state index contributed by atoms with van der Waals surface area (Å²) in [6, 6.07) is 21.7. The average molecular weight is 727 g/mol. The Morgan fingerprint density at radius 3 is 2.04 bits per heavy atom. The van der Waals surface area contributed by atoms with Gasteiger partial charge in [0.25, 0.3) is 0 Å². The SMILES string of the molecule is CCOc1cc(C(C)(C)C)ccc1C1=N[C@](C)(c2ccc(Cl)cc2)[C@](C)(c2ccc(Cl)cc2)N1C(=O)C1CCN(CCCS(C)(=O)=O)CC1. The second-order valence-corrected chi connectivity index (χ2v) is 17.9. The van der Waals surface area contributed by atoms with E-state index in [-0.39, 0.29) is 23.0 Å². The predicted octanol–water partition coefficient (Wildman–Crippen LogP) is 8.26. The van der Waals surface area contributed by atoms with Crippen LogP contribution in [-0.4, -0.2) is 68.2 Å². The number of sulfone groups is 1. The number of piperidine rings is 1. The number of halogens is 2. The molecule has 0 bridgehead atoms.